The number of carboxylic acid groups (broad SMARTS) is 1. The van der Waals surface area contributed by atoms with Crippen LogP contribution in [0.1, 0.15) is 27.0 Å². The van der Waals surface area contributed by atoms with Gasteiger partial charge in [0.1, 0.15) is 5.56 Å². The Balaban J connectivity index is 1.76. The van der Waals surface area contributed by atoms with Crippen molar-refractivity contribution in [3.8, 4) is 0 Å². The summed E-state index contributed by atoms with van der Waals surface area (Å²) in [6.45, 7) is 0.556. The van der Waals surface area contributed by atoms with Crippen molar-refractivity contribution in [2.45, 2.75) is 19.4 Å². The molecule has 0 aliphatic rings. The van der Waals surface area contributed by atoms with E-state index in [4.69, 9.17) is 23.2 Å². The van der Waals surface area contributed by atoms with Crippen LogP contribution in [0.25, 0.3) is 10.9 Å². The second kappa shape index (κ2) is 8.96. The number of pyridine rings is 1. The molecular weight excluding hydrogens is 433 g/mol. The number of aromatic nitrogens is 1. The van der Waals surface area contributed by atoms with E-state index in [1.165, 1.54) is 6.20 Å². The Bertz CT molecular complexity index is 1330. The fourth-order valence-electron chi connectivity index (χ4n) is 3.69. The van der Waals surface area contributed by atoms with Crippen LogP contribution in [0.15, 0.2) is 77.7 Å². The molecule has 156 valence electrons. The summed E-state index contributed by atoms with van der Waals surface area (Å²) in [5, 5.41) is 10.9. The molecule has 0 aliphatic heterocycles. The van der Waals surface area contributed by atoms with Gasteiger partial charge in [-0.15, -0.1) is 0 Å². The molecule has 0 fully saturated rings. The van der Waals surface area contributed by atoms with E-state index in [9.17, 15) is 14.7 Å². The quantitative estimate of drug-likeness (QED) is 0.400. The van der Waals surface area contributed by atoms with Gasteiger partial charge in [0.05, 0.1) is 15.6 Å². The zero-order chi connectivity index (χ0) is 22.0. The van der Waals surface area contributed by atoms with Gasteiger partial charge >= 0.3 is 5.97 Å². The molecule has 0 radical (unpaired) electrons. The molecular formula is C25H19Cl2NO3. The summed E-state index contributed by atoms with van der Waals surface area (Å²) < 4.78 is 1.84. The van der Waals surface area contributed by atoms with Gasteiger partial charge in [0.25, 0.3) is 0 Å². The molecule has 3 aromatic carbocycles. The molecule has 0 atom stereocenters. The van der Waals surface area contributed by atoms with E-state index in [0.717, 1.165) is 23.1 Å². The average molecular weight is 452 g/mol. The Kier molecular flexibility index (Phi) is 6.12. The maximum absolute atomic E-state index is 12.9. The summed E-state index contributed by atoms with van der Waals surface area (Å²) in [7, 11) is 0. The first-order valence-electron chi connectivity index (χ1n) is 9.80. The second-order valence-electron chi connectivity index (χ2n) is 7.35. The van der Waals surface area contributed by atoms with E-state index in [1.807, 2.05) is 59.2 Å². The van der Waals surface area contributed by atoms with Gasteiger partial charge in [-0.25, -0.2) is 4.79 Å². The standard InChI is InChI=1S/C25H19Cl2NO3/c26-21-8-4-7-18(23(21)27)13-17-9-10-22-19(14-17)24(29)20(25(30)31)15-28(22)12-11-16-5-2-1-3-6-16/h1-10,14-15H,11-13H2,(H,30,31). The second-order valence-corrected chi connectivity index (χ2v) is 8.13. The average Bonchev–Trinajstić information content (AvgIpc) is 2.77. The van der Waals surface area contributed by atoms with Crippen LogP contribution in [-0.2, 0) is 19.4 Å². The highest BCUT2D eigenvalue weighted by molar-refractivity contribution is 6.42. The van der Waals surface area contributed by atoms with Crippen LogP contribution in [0.4, 0.5) is 0 Å². The van der Waals surface area contributed by atoms with Gasteiger partial charge in [-0.3, -0.25) is 4.79 Å². The van der Waals surface area contributed by atoms with Crippen LogP contribution in [0.5, 0.6) is 0 Å². The molecule has 0 aliphatic carbocycles. The summed E-state index contributed by atoms with van der Waals surface area (Å²) in [5.74, 6) is -1.23. The minimum atomic E-state index is -1.23. The van der Waals surface area contributed by atoms with Crippen LogP contribution in [0.2, 0.25) is 10.0 Å². The Hall–Kier alpha value is -3.08. The molecule has 1 heterocycles. The van der Waals surface area contributed by atoms with E-state index in [0.29, 0.717) is 33.9 Å². The van der Waals surface area contributed by atoms with Gasteiger partial charge in [0.2, 0.25) is 5.43 Å². The molecule has 0 unspecified atom stereocenters. The molecule has 0 saturated carbocycles. The lowest BCUT2D eigenvalue weighted by Gasteiger charge is -2.14. The van der Waals surface area contributed by atoms with Crippen LogP contribution in [-0.4, -0.2) is 15.6 Å². The summed E-state index contributed by atoms with van der Waals surface area (Å²) in [6, 6.07) is 20.9. The van der Waals surface area contributed by atoms with Crippen molar-refractivity contribution in [3.05, 3.63) is 115 Å². The van der Waals surface area contributed by atoms with Crippen LogP contribution in [0.3, 0.4) is 0 Å². The first kappa shape index (κ1) is 21.2. The lowest BCUT2D eigenvalue weighted by Crippen LogP contribution is -2.19. The van der Waals surface area contributed by atoms with Crippen molar-refractivity contribution in [1.82, 2.24) is 4.57 Å². The number of carbonyl (C=O) groups is 1. The first-order valence-corrected chi connectivity index (χ1v) is 10.6. The maximum Gasteiger partial charge on any atom is 0.341 e. The number of benzene rings is 3. The highest BCUT2D eigenvalue weighted by Gasteiger charge is 2.15. The molecule has 6 heteroatoms. The Labute approximate surface area is 189 Å². The number of halogens is 2. The van der Waals surface area contributed by atoms with E-state index in [2.05, 4.69) is 0 Å². The highest BCUT2D eigenvalue weighted by Crippen LogP contribution is 2.28. The number of hydrogen-bond donors (Lipinski definition) is 1. The zero-order valence-corrected chi connectivity index (χ0v) is 18.0. The number of nitrogens with zero attached hydrogens (tertiary/aromatic N) is 1. The molecule has 4 aromatic rings. The first-order chi connectivity index (χ1) is 14.9. The molecule has 0 bridgehead atoms. The zero-order valence-electron chi connectivity index (χ0n) is 16.5. The van der Waals surface area contributed by atoms with E-state index in [1.54, 1.807) is 12.1 Å². The van der Waals surface area contributed by atoms with Crippen LogP contribution in [0, 0.1) is 0 Å². The highest BCUT2D eigenvalue weighted by atomic mass is 35.5. The van der Waals surface area contributed by atoms with Crippen molar-refractivity contribution in [2.75, 3.05) is 0 Å². The normalized spacial score (nSPS) is 11.0. The lowest BCUT2D eigenvalue weighted by atomic mass is 10.0. The molecule has 0 saturated heterocycles. The Morgan fingerprint density at radius 1 is 0.935 bits per heavy atom. The molecule has 0 spiro atoms. The SMILES string of the molecule is O=C(O)c1cn(CCc2ccccc2)c2ccc(Cc3cccc(Cl)c3Cl)cc2c1=O. The number of carboxylic acids is 1. The number of rotatable bonds is 6. The van der Waals surface area contributed by atoms with Gasteiger partial charge in [-0.1, -0.05) is 71.7 Å². The van der Waals surface area contributed by atoms with Gasteiger partial charge < -0.3 is 9.67 Å². The van der Waals surface area contributed by atoms with Gasteiger partial charge in [0.15, 0.2) is 0 Å². The van der Waals surface area contributed by atoms with Crippen molar-refractivity contribution < 1.29 is 9.90 Å². The summed E-state index contributed by atoms with van der Waals surface area (Å²) in [4.78, 5) is 24.6. The number of aryl methyl sites for hydroxylation is 2. The summed E-state index contributed by atoms with van der Waals surface area (Å²) >= 11 is 12.4. The molecule has 0 amide bonds. The van der Waals surface area contributed by atoms with Crippen molar-refractivity contribution in [3.63, 3.8) is 0 Å². The van der Waals surface area contributed by atoms with E-state index < -0.39 is 11.4 Å². The number of hydrogen-bond acceptors (Lipinski definition) is 2. The molecule has 1 aromatic heterocycles. The largest absolute Gasteiger partial charge is 0.477 e. The van der Waals surface area contributed by atoms with Crippen molar-refractivity contribution in [1.29, 1.82) is 0 Å². The minimum absolute atomic E-state index is 0.238. The number of fused-ring (bicyclic) bond motifs is 1. The molecule has 1 N–H and O–H groups in total. The third-order valence-corrected chi connectivity index (χ3v) is 6.14. The Morgan fingerprint density at radius 2 is 1.71 bits per heavy atom. The molecule has 31 heavy (non-hydrogen) atoms. The maximum atomic E-state index is 12.9. The fraction of sp³-hybridized carbons (Fsp3) is 0.120. The minimum Gasteiger partial charge on any atom is -0.477 e. The third kappa shape index (κ3) is 4.50. The lowest BCUT2D eigenvalue weighted by molar-refractivity contribution is 0.0695. The third-order valence-electron chi connectivity index (χ3n) is 5.29. The monoisotopic (exact) mass is 451 g/mol. The molecule has 4 nitrogen and oxygen atoms in total. The summed E-state index contributed by atoms with van der Waals surface area (Å²) in [5.41, 5.74) is 2.81. The predicted octanol–water partition coefficient (Wildman–Crippen LogP) is 5.84. The Morgan fingerprint density at radius 3 is 2.45 bits per heavy atom. The van der Waals surface area contributed by atoms with Crippen LogP contribution < -0.4 is 5.43 Å². The van der Waals surface area contributed by atoms with Gasteiger partial charge in [-0.2, -0.15) is 0 Å². The van der Waals surface area contributed by atoms with Crippen molar-refractivity contribution in [2.24, 2.45) is 0 Å². The summed E-state index contributed by atoms with van der Waals surface area (Å²) in [6.07, 6.45) is 2.64. The van der Waals surface area contributed by atoms with Crippen LogP contribution >= 0.6 is 23.2 Å². The number of aromatic carboxylic acids is 1. The fourth-order valence-corrected chi connectivity index (χ4v) is 4.08. The van der Waals surface area contributed by atoms with Crippen molar-refractivity contribution >= 4 is 40.1 Å². The van der Waals surface area contributed by atoms with Gasteiger partial charge in [-0.05, 0) is 47.7 Å². The van der Waals surface area contributed by atoms with Gasteiger partial charge in [0, 0.05) is 18.1 Å². The van der Waals surface area contributed by atoms with E-state index >= 15 is 0 Å². The smallest absolute Gasteiger partial charge is 0.341 e. The molecule has 4 rings (SSSR count). The topological polar surface area (TPSA) is 59.3 Å². The predicted molar refractivity (Wildman–Crippen MR) is 125 cm³/mol. The van der Waals surface area contributed by atoms with E-state index in [-0.39, 0.29) is 5.56 Å².